The van der Waals surface area contributed by atoms with Crippen molar-refractivity contribution in [2.45, 2.75) is 45.8 Å². The van der Waals surface area contributed by atoms with Gasteiger partial charge in [-0.25, -0.2) is 4.79 Å². The number of rotatable bonds is 8. The summed E-state index contributed by atoms with van der Waals surface area (Å²) in [7, 11) is 0. The molecule has 1 aromatic carbocycles. The molecule has 0 saturated heterocycles. The van der Waals surface area contributed by atoms with Gasteiger partial charge < -0.3 is 9.47 Å². The van der Waals surface area contributed by atoms with Gasteiger partial charge in [0.25, 0.3) is 0 Å². The Balaban J connectivity index is 2.51. The van der Waals surface area contributed by atoms with Crippen LogP contribution in [0.5, 0.6) is 0 Å². The fraction of sp³-hybridized carbons (Fsp3) is 0.562. The lowest BCUT2D eigenvalue weighted by Gasteiger charge is -2.23. The van der Waals surface area contributed by atoms with Crippen LogP contribution in [0, 0.1) is 0 Å². The molecule has 0 N–H and O–H groups in total. The zero-order chi connectivity index (χ0) is 15.0. The second-order valence-corrected chi connectivity index (χ2v) is 6.37. The van der Waals surface area contributed by atoms with Gasteiger partial charge in [0, 0.05) is 11.0 Å². The summed E-state index contributed by atoms with van der Waals surface area (Å²) in [6, 6.07) is 7.43. The number of esters is 1. The van der Waals surface area contributed by atoms with E-state index in [2.05, 4.69) is 22.6 Å². The molecule has 3 nitrogen and oxygen atoms in total. The second-order valence-electron chi connectivity index (χ2n) is 5.29. The minimum absolute atomic E-state index is 0.269. The van der Waals surface area contributed by atoms with Gasteiger partial charge in [0.1, 0.15) is 5.60 Å². The van der Waals surface area contributed by atoms with Crippen molar-refractivity contribution in [3.05, 3.63) is 35.4 Å². The summed E-state index contributed by atoms with van der Waals surface area (Å²) in [5.74, 6) is -0.269. The molecule has 0 atom stereocenters. The molecule has 0 radical (unpaired) electrons. The van der Waals surface area contributed by atoms with Gasteiger partial charge in [-0.3, -0.25) is 0 Å². The summed E-state index contributed by atoms with van der Waals surface area (Å²) in [6.45, 7) is 7.20. The second kappa shape index (κ2) is 8.62. The van der Waals surface area contributed by atoms with Crippen molar-refractivity contribution in [3.8, 4) is 0 Å². The van der Waals surface area contributed by atoms with Crippen LogP contribution in [0.1, 0.15) is 49.5 Å². The van der Waals surface area contributed by atoms with E-state index in [-0.39, 0.29) is 5.97 Å². The van der Waals surface area contributed by atoms with E-state index in [0.29, 0.717) is 12.2 Å². The smallest absolute Gasteiger partial charge is 0.338 e. The third-order valence-corrected chi connectivity index (χ3v) is 3.86. The van der Waals surface area contributed by atoms with Crippen LogP contribution in [0.2, 0.25) is 0 Å². The standard InChI is InChI=1S/C16H23IO3/c1-4-16(2,3)20-15(18)14-8-6-13(7-9-14)12-19-11-5-10-17/h6-9H,4-5,10-12H2,1-3H3. The summed E-state index contributed by atoms with van der Waals surface area (Å²) in [6.07, 6.45) is 1.86. The van der Waals surface area contributed by atoms with E-state index in [1.807, 2.05) is 32.9 Å². The normalized spacial score (nSPS) is 11.4. The minimum atomic E-state index is -0.418. The third kappa shape index (κ3) is 6.22. The monoisotopic (exact) mass is 390 g/mol. The molecule has 0 saturated carbocycles. The number of carbonyl (C=O) groups is 1. The quantitative estimate of drug-likeness (QED) is 0.286. The van der Waals surface area contributed by atoms with Crippen molar-refractivity contribution >= 4 is 28.6 Å². The molecule has 0 amide bonds. The number of alkyl halides is 1. The van der Waals surface area contributed by atoms with Crippen molar-refractivity contribution in [2.75, 3.05) is 11.0 Å². The fourth-order valence-electron chi connectivity index (χ4n) is 1.47. The lowest BCUT2D eigenvalue weighted by molar-refractivity contribution is -0.00244. The van der Waals surface area contributed by atoms with Crippen LogP contribution in [0.3, 0.4) is 0 Å². The van der Waals surface area contributed by atoms with Crippen LogP contribution < -0.4 is 0 Å². The van der Waals surface area contributed by atoms with E-state index in [4.69, 9.17) is 9.47 Å². The van der Waals surface area contributed by atoms with E-state index in [1.165, 1.54) is 0 Å². The molecule has 1 aromatic rings. The van der Waals surface area contributed by atoms with E-state index >= 15 is 0 Å². The molecule has 0 fully saturated rings. The highest BCUT2D eigenvalue weighted by atomic mass is 127. The van der Waals surface area contributed by atoms with Gasteiger partial charge in [-0.1, -0.05) is 41.6 Å². The lowest BCUT2D eigenvalue weighted by atomic mass is 10.1. The number of ether oxygens (including phenoxy) is 2. The highest BCUT2D eigenvalue weighted by Crippen LogP contribution is 2.17. The van der Waals surface area contributed by atoms with Crippen LogP contribution in [-0.4, -0.2) is 22.6 Å². The molecule has 112 valence electrons. The summed E-state index contributed by atoms with van der Waals surface area (Å²) in [5.41, 5.74) is 1.24. The fourth-order valence-corrected chi connectivity index (χ4v) is 1.78. The van der Waals surface area contributed by atoms with E-state index < -0.39 is 5.60 Å². The molecule has 0 heterocycles. The Morgan fingerprint density at radius 3 is 2.45 bits per heavy atom. The van der Waals surface area contributed by atoms with Gasteiger partial charge in [0.05, 0.1) is 12.2 Å². The molecular weight excluding hydrogens is 367 g/mol. The first-order valence-corrected chi connectivity index (χ1v) is 8.47. The summed E-state index contributed by atoms with van der Waals surface area (Å²) >= 11 is 2.34. The van der Waals surface area contributed by atoms with Gasteiger partial charge in [0.15, 0.2) is 0 Å². The molecule has 0 aliphatic heterocycles. The van der Waals surface area contributed by atoms with Gasteiger partial charge in [-0.2, -0.15) is 0 Å². The predicted octanol–water partition coefficient (Wildman–Crippen LogP) is 4.37. The first-order chi connectivity index (χ1) is 9.48. The maximum absolute atomic E-state index is 12.0. The zero-order valence-corrected chi connectivity index (χ0v) is 14.6. The summed E-state index contributed by atoms with van der Waals surface area (Å²) in [4.78, 5) is 12.0. The van der Waals surface area contributed by atoms with Crippen LogP contribution in [0.15, 0.2) is 24.3 Å². The summed E-state index contributed by atoms with van der Waals surface area (Å²) in [5, 5.41) is 0. The first-order valence-electron chi connectivity index (χ1n) is 6.94. The average Bonchev–Trinajstić information content (AvgIpc) is 2.44. The van der Waals surface area contributed by atoms with E-state index in [0.717, 1.165) is 29.4 Å². The Morgan fingerprint density at radius 2 is 1.90 bits per heavy atom. The van der Waals surface area contributed by atoms with Crippen LogP contribution in [0.25, 0.3) is 0 Å². The Kier molecular flexibility index (Phi) is 7.51. The van der Waals surface area contributed by atoms with Gasteiger partial charge in [0.2, 0.25) is 0 Å². The SMILES string of the molecule is CCC(C)(C)OC(=O)c1ccc(COCCCI)cc1. The Morgan fingerprint density at radius 1 is 1.25 bits per heavy atom. The molecular formula is C16H23IO3. The van der Waals surface area contributed by atoms with Crippen molar-refractivity contribution < 1.29 is 14.3 Å². The largest absolute Gasteiger partial charge is 0.456 e. The molecule has 0 bridgehead atoms. The Labute approximate surface area is 135 Å². The van der Waals surface area contributed by atoms with E-state index in [1.54, 1.807) is 12.1 Å². The minimum Gasteiger partial charge on any atom is -0.456 e. The van der Waals surface area contributed by atoms with Crippen LogP contribution in [-0.2, 0) is 16.1 Å². The molecule has 1 rings (SSSR count). The Hall–Kier alpha value is -0.620. The number of benzene rings is 1. The van der Waals surface area contributed by atoms with Gasteiger partial charge >= 0.3 is 5.97 Å². The number of hydrogen-bond donors (Lipinski definition) is 0. The molecule has 0 aliphatic carbocycles. The van der Waals surface area contributed by atoms with Crippen LogP contribution >= 0.6 is 22.6 Å². The molecule has 0 unspecified atom stereocenters. The lowest BCUT2D eigenvalue weighted by Crippen LogP contribution is -2.27. The van der Waals surface area contributed by atoms with Crippen LogP contribution in [0.4, 0.5) is 0 Å². The van der Waals surface area contributed by atoms with Gasteiger partial charge in [-0.15, -0.1) is 0 Å². The zero-order valence-electron chi connectivity index (χ0n) is 12.4. The molecule has 0 spiro atoms. The van der Waals surface area contributed by atoms with E-state index in [9.17, 15) is 4.79 Å². The van der Waals surface area contributed by atoms with Crippen molar-refractivity contribution in [1.29, 1.82) is 0 Å². The van der Waals surface area contributed by atoms with Crippen molar-refractivity contribution in [3.63, 3.8) is 0 Å². The highest BCUT2D eigenvalue weighted by molar-refractivity contribution is 14.1. The maximum Gasteiger partial charge on any atom is 0.338 e. The molecule has 4 heteroatoms. The van der Waals surface area contributed by atoms with Crippen molar-refractivity contribution in [2.24, 2.45) is 0 Å². The predicted molar refractivity (Wildman–Crippen MR) is 89.4 cm³/mol. The molecule has 20 heavy (non-hydrogen) atoms. The average molecular weight is 390 g/mol. The molecule has 0 aliphatic rings. The molecule has 0 aromatic heterocycles. The highest BCUT2D eigenvalue weighted by Gasteiger charge is 2.21. The topological polar surface area (TPSA) is 35.5 Å². The summed E-state index contributed by atoms with van der Waals surface area (Å²) < 4.78 is 12.1. The number of carbonyl (C=O) groups excluding carboxylic acids is 1. The van der Waals surface area contributed by atoms with Gasteiger partial charge in [-0.05, 0) is 44.4 Å². The number of halogens is 1. The third-order valence-electron chi connectivity index (χ3n) is 3.10. The Bertz CT molecular complexity index is 412. The number of hydrogen-bond acceptors (Lipinski definition) is 3. The van der Waals surface area contributed by atoms with Crippen molar-refractivity contribution in [1.82, 2.24) is 0 Å². The maximum atomic E-state index is 12.0. The first kappa shape index (κ1) is 17.4.